The SMILES string of the molecule is CC(O)C1CCN(c2nc3ccccc3cc2C(=N)N)C1. The van der Waals surface area contributed by atoms with Crippen LogP contribution in [0.25, 0.3) is 10.9 Å². The van der Waals surface area contributed by atoms with E-state index in [1.54, 1.807) is 0 Å². The fourth-order valence-corrected chi connectivity index (χ4v) is 2.92. The number of hydrogen-bond acceptors (Lipinski definition) is 4. The average Bonchev–Trinajstić information content (AvgIpc) is 2.95. The molecule has 1 saturated heterocycles. The van der Waals surface area contributed by atoms with Crippen LogP contribution >= 0.6 is 0 Å². The van der Waals surface area contributed by atoms with E-state index in [4.69, 9.17) is 16.1 Å². The number of hydrogen-bond donors (Lipinski definition) is 3. The number of para-hydroxylation sites is 1. The van der Waals surface area contributed by atoms with Crippen molar-refractivity contribution in [2.45, 2.75) is 19.4 Å². The number of aromatic nitrogens is 1. The third kappa shape index (κ3) is 2.56. The fraction of sp³-hybridized carbons (Fsp3) is 0.375. The van der Waals surface area contributed by atoms with Crippen LogP contribution in [0.5, 0.6) is 0 Å². The Morgan fingerprint density at radius 3 is 2.90 bits per heavy atom. The lowest BCUT2D eigenvalue weighted by molar-refractivity contribution is 0.136. The van der Waals surface area contributed by atoms with Gasteiger partial charge >= 0.3 is 0 Å². The van der Waals surface area contributed by atoms with Crippen LogP contribution in [0.1, 0.15) is 18.9 Å². The first-order chi connectivity index (χ1) is 10.1. The molecule has 110 valence electrons. The van der Waals surface area contributed by atoms with Gasteiger partial charge in [-0.1, -0.05) is 18.2 Å². The number of aliphatic hydroxyl groups is 1. The molecule has 1 aliphatic rings. The number of nitrogens with two attached hydrogens (primary N) is 1. The van der Waals surface area contributed by atoms with Gasteiger partial charge in [0, 0.05) is 24.4 Å². The maximum atomic E-state index is 9.75. The maximum Gasteiger partial charge on any atom is 0.140 e. The van der Waals surface area contributed by atoms with E-state index in [0.717, 1.165) is 36.2 Å². The second-order valence-electron chi connectivity index (χ2n) is 5.70. The number of nitrogens with zero attached hydrogens (tertiary/aromatic N) is 2. The minimum absolute atomic E-state index is 0.0313. The Morgan fingerprint density at radius 2 is 2.24 bits per heavy atom. The number of amidine groups is 1. The third-order valence-corrected chi connectivity index (χ3v) is 4.20. The van der Waals surface area contributed by atoms with Gasteiger partial charge in [0.15, 0.2) is 0 Å². The predicted molar refractivity (Wildman–Crippen MR) is 84.8 cm³/mol. The largest absolute Gasteiger partial charge is 0.393 e. The van der Waals surface area contributed by atoms with Crippen LogP contribution in [0.3, 0.4) is 0 Å². The van der Waals surface area contributed by atoms with Crippen molar-refractivity contribution >= 4 is 22.6 Å². The first-order valence-electron chi connectivity index (χ1n) is 7.23. The Morgan fingerprint density at radius 1 is 1.48 bits per heavy atom. The third-order valence-electron chi connectivity index (χ3n) is 4.20. The quantitative estimate of drug-likeness (QED) is 0.592. The Bertz CT molecular complexity index is 683. The highest BCUT2D eigenvalue weighted by Gasteiger charge is 2.28. The van der Waals surface area contributed by atoms with Crippen LogP contribution < -0.4 is 10.6 Å². The van der Waals surface area contributed by atoms with Gasteiger partial charge in [-0.15, -0.1) is 0 Å². The van der Waals surface area contributed by atoms with Gasteiger partial charge in [0.25, 0.3) is 0 Å². The van der Waals surface area contributed by atoms with E-state index in [-0.39, 0.29) is 17.9 Å². The Kier molecular flexibility index (Phi) is 3.51. The maximum absolute atomic E-state index is 9.75. The highest BCUT2D eigenvalue weighted by molar-refractivity contribution is 6.03. The van der Waals surface area contributed by atoms with Crippen LogP contribution in [0, 0.1) is 11.3 Å². The van der Waals surface area contributed by atoms with Gasteiger partial charge in [-0.2, -0.15) is 0 Å². The van der Waals surface area contributed by atoms with Gasteiger partial charge < -0.3 is 15.7 Å². The van der Waals surface area contributed by atoms with E-state index in [9.17, 15) is 5.11 Å². The Hall–Kier alpha value is -2.14. The summed E-state index contributed by atoms with van der Waals surface area (Å²) in [5, 5.41) is 18.5. The normalized spacial score (nSPS) is 19.9. The van der Waals surface area contributed by atoms with Gasteiger partial charge in [0.2, 0.25) is 0 Å². The molecule has 2 heterocycles. The lowest BCUT2D eigenvalue weighted by Gasteiger charge is -2.21. The fourth-order valence-electron chi connectivity index (χ4n) is 2.92. The molecule has 0 bridgehead atoms. The molecule has 21 heavy (non-hydrogen) atoms. The summed E-state index contributed by atoms with van der Waals surface area (Å²) in [6.07, 6.45) is 0.611. The Balaban J connectivity index is 2.04. The smallest absolute Gasteiger partial charge is 0.140 e. The van der Waals surface area contributed by atoms with Crippen LogP contribution in [0.15, 0.2) is 30.3 Å². The summed E-state index contributed by atoms with van der Waals surface area (Å²) in [7, 11) is 0. The lowest BCUT2D eigenvalue weighted by atomic mass is 10.0. The highest BCUT2D eigenvalue weighted by atomic mass is 16.3. The summed E-state index contributed by atoms with van der Waals surface area (Å²) in [5.41, 5.74) is 7.30. The van der Waals surface area contributed by atoms with E-state index in [1.165, 1.54) is 0 Å². The number of benzene rings is 1. The number of nitrogen functional groups attached to an aromatic ring is 1. The van der Waals surface area contributed by atoms with E-state index in [2.05, 4.69) is 4.90 Å². The summed E-state index contributed by atoms with van der Waals surface area (Å²) >= 11 is 0. The summed E-state index contributed by atoms with van der Waals surface area (Å²) < 4.78 is 0. The van der Waals surface area contributed by atoms with Crippen LogP contribution in [-0.2, 0) is 0 Å². The van der Waals surface area contributed by atoms with Crippen molar-refractivity contribution in [1.29, 1.82) is 5.41 Å². The summed E-state index contributed by atoms with van der Waals surface area (Å²) in [4.78, 5) is 6.82. The average molecular weight is 284 g/mol. The van der Waals surface area contributed by atoms with Gasteiger partial charge in [0.1, 0.15) is 11.7 Å². The second-order valence-corrected chi connectivity index (χ2v) is 5.70. The molecule has 1 aromatic carbocycles. The van der Waals surface area contributed by atoms with Gasteiger partial charge in [-0.05, 0) is 25.5 Å². The first-order valence-corrected chi connectivity index (χ1v) is 7.23. The molecule has 5 heteroatoms. The molecule has 0 spiro atoms. The van der Waals surface area contributed by atoms with E-state index in [1.807, 2.05) is 37.3 Å². The molecular weight excluding hydrogens is 264 g/mol. The van der Waals surface area contributed by atoms with Crippen molar-refractivity contribution in [1.82, 2.24) is 4.98 Å². The van der Waals surface area contributed by atoms with Crippen molar-refractivity contribution in [3.05, 3.63) is 35.9 Å². The van der Waals surface area contributed by atoms with Crippen molar-refractivity contribution in [2.24, 2.45) is 11.7 Å². The molecule has 4 N–H and O–H groups in total. The molecule has 2 atom stereocenters. The minimum Gasteiger partial charge on any atom is -0.393 e. The number of pyridine rings is 1. The highest BCUT2D eigenvalue weighted by Crippen LogP contribution is 2.29. The molecule has 0 radical (unpaired) electrons. The van der Waals surface area contributed by atoms with Crippen molar-refractivity contribution in [3.8, 4) is 0 Å². The number of anilines is 1. The molecule has 3 rings (SSSR count). The summed E-state index contributed by atoms with van der Waals surface area (Å²) in [6.45, 7) is 3.42. The number of nitrogens with one attached hydrogen (secondary N) is 1. The van der Waals surface area contributed by atoms with Crippen LogP contribution in [-0.4, -0.2) is 35.1 Å². The van der Waals surface area contributed by atoms with Crippen molar-refractivity contribution in [2.75, 3.05) is 18.0 Å². The molecule has 0 saturated carbocycles. The monoisotopic (exact) mass is 284 g/mol. The summed E-state index contributed by atoms with van der Waals surface area (Å²) in [5.74, 6) is 1.03. The molecular formula is C16H20N4O. The Labute approximate surface area is 123 Å². The minimum atomic E-state index is -0.323. The standard InChI is InChI=1S/C16H20N4O/c1-10(21)12-6-7-20(9-12)16-13(15(17)18)8-11-4-2-3-5-14(11)19-16/h2-5,8,10,12,21H,6-7,9H2,1H3,(H3,17,18). The second kappa shape index (κ2) is 5.33. The molecule has 5 nitrogen and oxygen atoms in total. The molecule has 1 aliphatic heterocycles. The van der Waals surface area contributed by atoms with E-state index >= 15 is 0 Å². The zero-order valence-corrected chi connectivity index (χ0v) is 12.1. The van der Waals surface area contributed by atoms with Gasteiger partial charge in [0.05, 0.1) is 17.2 Å². The zero-order chi connectivity index (χ0) is 15.0. The van der Waals surface area contributed by atoms with Gasteiger partial charge in [-0.3, -0.25) is 5.41 Å². The number of aliphatic hydroxyl groups excluding tert-OH is 1. The summed E-state index contributed by atoms with van der Waals surface area (Å²) in [6, 6.07) is 9.77. The molecule has 2 aromatic rings. The van der Waals surface area contributed by atoms with Crippen LogP contribution in [0.4, 0.5) is 5.82 Å². The first kappa shape index (κ1) is 13.8. The topological polar surface area (TPSA) is 86.2 Å². The van der Waals surface area contributed by atoms with Crippen LogP contribution in [0.2, 0.25) is 0 Å². The predicted octanol–water partition coefficient (Wildman–Crippen LogP) is 1.73. The number of fused-ring (bicyclic) bond motifs is 1. The van der Waals surface area contributed by atoms with Crippen molar-refractivity contribution in [3.63, 3.8) is 0 Å². The lowest BCUT2D eigenvalue weighted by Crippen LogP contribution is -2.27. The van der Waals surface area contributed by atoms with E-state index < -0.39 is 0 Å². The molecule has 0 amide bonds. The molecule has 0 aliphatic carbocycles. The van der Waals surface area contributed by atoms with E-state index in [0.29, 0.717) is 5.56 Å². The van der Waals surface area contributed by atoms with Gasteiger partial charge in [-0.25, -0.2) is 4.98 Å². The molecule has 1 fully saturated rings. The molecule has 2 unspecified atom stereocenters. The van der Waals surface area contributed by atoms with Crippen molar-refractivity contribution < 1.29 is 5.11 Å². The number of rotatable bonds is 3. The zero-order valence-electron chi connectivity index (χ0n) is 12.1. The molecule has 1 aromatic heterocycles.